The van der Waals surface area contributed by atoms with E-state index in [2.05, 4.69) is 6.92 Å². The molecule has 1 fully saturated rings. The third-order valence-corrected chi connectivity index (χ3v) is 4.04. The van der Waals surface area contributed by atoms with E-state index in [9.17, 15) is 8.78 Å². The zero-order chi connectivity index (χ0) is 16.2. The van der Waals surface area contributed by atoms with Crippen LogP contribution in [-0.2, 0) is 9.31 Å². The van der Waals surface area contributed by atoms with Crippen LogP contribution < -0.4 is 5.46 Å². The van der Waals surface area contributed by atoms with E-state index in [4.69, 9.17) is 9.31 Å². The second-order valence-electron chi connectivity index (χ2n) is 5.93. The van der Waals surface area contributed by atoms with Crippen molar-refractivity contribution in [3.05, 3.63) is 54.1 Å². The first kappa shape index (κ1) is 16.2. The van der Waals surface area contributed by atoms with Crippen molar-refractivity contribution >= 4 is 12.6 Å². The van der Waals surface area contributed by atoms with Gasteiger partial charge < -0.3 is 9.31 Å². The van der Waals surface area contributed by atoms with E-state index in [0.717, 1.165) is 29.9 Å². The lowest BCUT2D eigenvalue weighted by molar-refractivity contribution is 0.0821. The Hall–Kier alpha value is -1.72. The van der Waals surface area contributed by atoms with E-state index in [1.165, 1.54) is 12.1 Å². The van der Waals surface area contributed by atoms with Crippen LogP contribution in [0.2, 0.25) is 0 Å². The van der Waals surface area contributed by atoms with Crippen molar-refractivity contribution in [2.24, 2.45) is 5.92 Å². The van der Waals surface area contributed by atoms with Crippen molar-refractivity contribution in [1.29, 1.82) is 0 Å². The number of halogens is 2. The average Bonchev–Trinajstić information content (AvgIpc) is 2.55. The summed E-state index contributed by atoms with van der Waals surface area (Å²) in [6.07, 6.45) is 2.23. The van der Waals surface area contributed by atoms with E-state index in [0.29, 0.717) is 24.7 Å². The lowest BCUT2D eigenvalue weighted by Gasteiger charge is -2.27. The minimum absolute atomic E-state index is 0.360. The third kappa shape index (κ3) is 3.98. The molecule has 3 rings (SSSR count). The highest BCUT2D eigenvalue weighted by atomic mass is 19.1. The molecule has 0 radical (unpaired) electrons. The van der Waals surface area contributed by atoms with Gasteiger partial charge in [0.2, 0.25) is 0 Å². The van der Waals surface area contributed by atoms with Crippen molar-refractivity contribution in [2.45, 2.75) is 19.8 Å². The van der Waals surface area contributed by atoms with Gasteiger partial charge in [-0.15, -0.1) is 0 Å². The minimum Gasteiger partial charge on any atom is -0.407 e. The summed E-state index contributed by atoms with van der Waals surface area (Å²) in [6.45, 7) is 3.56. The van der Waals surface area contributed by atoms with Gasteiger partial charge in [-0.1, -0.05) is 37.6 Å². The Morgan fingerprint density at radius 1 is 0.957 bits per heavy atom. The Morgan fingerprint density at radius 2 is 1.57 bits per heavy atom. The maximum absolute atomic E-state index is 13.3. The molecule has 0 saturated carbocycles. The molecule has 2 nitrogen and oxygen atoms in total. The Balaban J connectivity index is 1.70. The van der Waals surface area contributed by atoms with Gasteiger partial charge in [-0.2, -0.15) is 0 Å². The first-order chi connectivity index (χ1) is 11.2. The minimum atomic E-state index is -0.579. The van der Waals surface area contributed by atoms with Crippen LogP contribution in [-0.4, -0.2) is 20.3 Å². The van der Waals surface area contributed by atoms with Crippen molar-refractivity contribution in [2.75, 3.05) is 13.2 Å². The molecular formula is C18H19BF2O2. The molecule has 0 bridgehead atoms. The second kappa shape index (κ2) is 7.24. The lowest BCUT2D eigenvalue weighted by Crippen LogP contribution is -2.44. The highest BCUT2D eigenvalue weighted by Crippen LogP contribution is 2.21. The second-order valence-corrected chi connectivity index (χ2v) is 5.93. The summed E-state index contributed by atoms with van der Waals surface area (Å²) in [4.78, 5) is 0. The highest BCUT2D eigenvalue weighted by molar-refractivity contribution is 6.61. The van der Waals surface area contributed by atoms with Crippen molar-refractivity contribution in [3.63, 3.8) is 0 Å². The first-order valence-corrected chi connectivity index (χ1v) is 7.95. The summed E-state index contributed by atoms with van der Waals surface area (Å²) in [5, 5.41) is 0. The molecule has 0 atom stereocenters. The Bertz CT molecular complexity index is 632. The van der Waals surface area contributed by atoms with E-state index in [-0.39, 0.29) is 7.12 Å². The van der Waals surface area contributed by atoms with Gasteiger partial charge in [-0.05, 0) is 35.1 Å². The Kier molecular flexibility index (Phi) is 5.08. The topological polar surface area (TPSA) is 18.5 Å². The maximum Gasteiger partial charge on any atom is 0.493 e. The SMILES string of the molecule is CCCC1COB(c2ccc(-c3cc(F)cc(F)c3)cc2)OC1. The monoisotopic (exact) mass is 316 g/mol. The molecule has 1 aliphatic rings. The Morgan fingerprint density at radius 3 is 2.13 bits per heavy atom. The quantitative estimate of drug-likeness (QED) is 0.799. The van der Waals surface area contributed by atoms with Crippen LogP contribution >= 0.6 is 0 Å². The van der Waals surface area contributed by atoms with Crippen LogP contribution in [0.3, 0.4) is 0 Å². The van der Waals surface area contributed by atoms with Crippen molar-refractivity contribution in [3.8, 4) is 11.1 Å². The average molecular weight is 316 g/mol. The molecule has 0 aromatic heterocycles. The molecule has 0 aliphatic carbocycles. The molecular weight excluding hydrogens is 297 g/mol. The fourth-order valence-corrected chi connectivity index (χ4v) is 2.86. The predicted octanol–water partition coefficient (Wildman–Crippen LogP) is 3.79. The largest absolute Gasteiger partial charge is 0.493 e. The maximum atomic E-state index is 13.3. The highest BCUT2D eigenvalue weighted by Gasteiger charge is 2.28. The molecule has 23 heavy (non-hydrogen) atoms. The number of hydrogen-bond acceptors (Lipinski definition) is 2. The zero-order valence-electron chi connectivity index (χ0n) is 13.1. The normalized spacial score (nSPS) is 15.9. The van der Waals surface area contributed by atoms with Gasteiger partial charge >= 0.3 is 7.12 Å². The fraction of sp³-hybridized carbons (Fsp3) is 0.333. The van der Waals surface area contributed by atoms with Crippen LogP contribution in [0.1, 0.15) is 19.8 Å². The number of hydrogen-bond donors (Lipinski definition) is 0. The van der Waals surface area contributed by atoms with Crippen LogP contribution in [0.25, 0.3) is 11.1 Å². The summed E-state index contributed by atoms with van der Waals surface area (Å²) >= 11 is 0. The summed E-state index contributed by atoms with van der Waals surface area (Å²) < 4.78 is 38.1. The van der Waals surface area contributed by atoms with Gasteiger partial charge in [0.1, 0.15) is 11.6 Å². The molecule has 1 aliphatic heterocycles. The smallest absolute Gasteiger partial charge is 0.407 e. The van der Waals surface area contributed by atoms with Crippen molar-refractivity contribution < 1.29 is 18.1 Å². The fourth-order valence-electron chi connectivity index (χ4n) is 2.86. The van der Waals surface area contributed by atoms with E-state index >= 15 is 0 Å². The molecule has 1 saturated heterocycles. The van der Waals surface area contributed by atoms with Gasteiger partial charge in [0.05, 0.1) is 0 Å². The molecule has 0 unspecified atom stereocenters. The van der Waals surface area contributed by atoms with Crippen LogP contribution in [0.5, 0.6) is 0 Å². The van der Waals surface area contributed by atoms with Crippen LogP contribution in [0.15, 0.2) is 42.5 Å². The Labute approximate surface area is 135 Å². The molecule has 120 valence electrons. The lowest BCUT2D eigenvalue weighted by atomic mass is 9.76. The predicted molar refractivity (Wildman–Crippen MR) is 87.5 cm³/mol. The number of rotatable bonds is 4. The van der Waals surface area contributed by atoms with Gasteiger partial charge in [0, 0.05) is 25.2 Å². The van der Waals surface area contributed by atoms with Crippen LogP contribution in [0, 0.1) is 17.6 Å². The summed E-state index contributed by atoms with van der Waals surface area (Å²) in [5.74, 6) is -0.694. The van der Waals surface area contributed by atoms with Crippen molar-refractivity contribution in [1.82, 2.24) is 0 Å². The zero-order valence-corrected chi connectivity index (χ0v) is 13.1. The number of benzene rings is 2. The summed E-state index contributed by atoms with van der Waals surface area (Å²) in [7, 11) is -0.360. The van der Waals surface area contributed by atoms with Gasteiger partial charge in [-0.25, -0.2) is 8.78 Å². The molecule has 2 aromatic rings. The standard InChI is InChI=1S/C18H19BF2O2/c1-2-3-13-11-22-19(23-12-13)16-6-4-14(5-7-16)15-8-17(20)10-18(21)9-15/h4-10,13H,2-3,11-12H2,1H3. The first-order valence-electron chi connectivity index (χ1n) is 7.95. The van der Waals surface area contributed by atoms with Crippen LogP contribution in [0.4, 0.5) is 8.78 Å². The molecule has 5 heteroatoms. The summed E-state index contributed by atoms with van der Waals surface area (Å²) in [6, 6.07) is 10.9. The summed E-state index contributed by atoms with van der Waals surface area (Å²) in [5.41, 5.74) is 2.19. The third-order valence-electron chi connectivity index (χ3n) is 4.04. The molecule has 2 aromatic carbocycles. The molecule has 0 spiro atoms. The van der Waals surface area contributed by atoms with Gasteiger partial charge in [0.25, 0.3) is 0 Å². The molecule has 0 N–H and O–H groups in total. The molecule has 1 heterocycles. The van der Waals surface area contributed by atoms with E-state index in [1.54, 1.807) is 0 Å². The molecule has 0 amide bonds. The van der Waals surface area contributed by atoms with E-state index < -0.39 is 11.6 Å². The van der Waals surface area contributed by atoms with Gasteiger partial charge in [-0.3, -0.25) is 0 Å². The van der Waals surface area contributed by atoms with Gasteiger partial charge in [0.15, 0.2) is 0 Å². The van der Waals surface area contributed by atoms with E-state index in [1.807, 2.05) is 24.3 Å².